The van der Waals surface area contributed by atoms with Crippen LogP contribution in [0.3, 0.4) is 0 Å². The van der Waals surface area contributed by atoms with Gasteiger partial charge in [-0.1, -0.05) is 20.3 Å². The zero-order valence-electron chi connectivity index (χ0n) is 10.2. The molecule has 0 aliphatic carbocycles. The molecule has 2 N–H and O–H groups in total. The van der Waals surface area contributed by atoms with Crippen molar-refractivity contribution in [1.29, 1.82) is 0 Å². The molecule has 1 aliphatic rings. The summed E-state index contributed by atoms with van der Waals surface area (Å²) in [7, 11) is 0. The van der Waals surface area contributed by atoms with Gasteiger partial charge in [-0.15, -0.1) is 0 Å². The predicted octanol–water partition coefficient (Wildman–Crippen LogP) is 1.90. The Morgan fingerprint density at radius 1 is 1.47 bits per heavy atom. The quantitative estimate of drug-likeness (QED) is 0.773. The molecular weight excluding hydrogens is 188 g/mol. The Morgan fingerprint density at radius 3 is 2.67 bits per heavy atom. The second-order valence-corrected chi connectivity index (χ2v) is 4.63. The highest BCUT2D eigenvalue weighted by molar-refractivity contribution is 5.82. The lowest BCUT2D eigenvalue weighted by Crippen LogP contribution is -2.48. The number of hydrogen-bond donors (Lipinski definition) is 1. The molecule has 0 aromatic heterocycles. The molecular formula is C12H24N2O. The smallest absolute Gasteiger partial charge is 0.239 e. The second-order valence-electron chi connectivity index (χ2n) is 4.63. The first-order chi connectivity index (χ1) is 7.11. The highest BCUT2D eigenvalue weighted by Gasteiger charge is 2.34. The van der Waals surface area contributed by atoms with Gasteiger partial charge in [0.05, 0.1) is 6.04 Å². The van der Waals surface area contributed by atoms with E-state index in [1.807, 2.05) is 4.90 Å². The molecule has 1 saturated heterocycles. The van der Waals surface area contributed by atoms with Gasteiger partial charge in [0.1, 0.15) is 0 Å². The van der Waals surface area contributed by atoms with E-state index in [9.17, 15) is 4.79 Å². The number of carbonyl (C=O) groups excluding carboxylic acids is 1. The van der Waals surface area contributed by atoms with Gasteiger partial charge in [-0.2, -0.15) is 0 Å². The minimum Gasteiger partial charge on any atom is -0.336 e. The van der Waals surface area contributed by atoms with Crippen LogP contribution in [0.2, 0.25) is 0 Å². The average molecular weight is 212 g/mol. The van der Waals surface area contributed by atoms with Crippen molar-refractivity contribution < 1.29 is 4.79 Å². The molecule has 0 spiro atoms. The van der Waals surface area contributed by atoms with Gasteiger partial charge in [0, 0.05) is 12.1 Å². The minimum atomic E-state index is -0.287. The molecule has 1 aliphatic heterocycles. The number of hydrogen-bond acceptors (Lipinski definition) is 2. The zero-order valence-corrected chi connectivity index (χ0v) is 10.2. The molecule has 0 aromatic rings. The Labute approximate surface area is 93.0 Å². The SMILES string of the molecule is CCC[C@@H](N)C(=O)N1C(C)CCC1CC. The largest absolute Gasteiger partial charge is 0.336 e. The van der Waals surface area contributed by atoms with E-state index in [0.29, 0.717) is 12.1 Å². The van der Waals surface area contributed by atoms with E-state index < -0.39 is 0 Å². The first-order valence-corrected chi connectivity index (χ1v) is 6.19. The summed E-state index contributed by atoms with van der Waals surface area (Å²) in [5, 5.41) is 0. The van der Waals surface area contributed by atoms with E-state index in [0.717, 1.165) is 32.1 Å². The van der Waals surface area contributed by atoms with Gasteiger partial charge in [-0.05, 0) is 32.6 Å². The highest BCUT2D eigenvalue weighted by Crippen LogP contribution is 2.26. The van der Waals surface area contributed by atoms with Gasteiger partial charge >= 0.3 is 0 Å². The lowest BCUT2D eigenvalue weighted by molar-refractivity contribution is -0.135. The molecule has 0 aromatic carbocycles. The lowest BCUT2D eigenvalue weighted by Gasteiger charge is -2.30. The molecule has 88 valence electrons. The Bertz CT molecular complexity index is 218. The van der Waals surface area contributed by atoms with Crippen LogP contribution >= 0.6 is 0 Å². The van der Waals surface area contributed by atoms with Crippen LogP contribution in [0, 0.1) is 0 Å². The summed E-state index contributed by atoms with van der Waals surface area (Å²) in [6, 6.07) is 0.519. The first kappa shape index (κ1) is 12.5. The van der Waals surface area contributed by atoms with Crippen molar-refractivity contribution in [3.8, 4) is 0 Å². The summed E-state index contributed by atoms with van der Waals surface area (Å²) in [6.07, 6.45) is 5.10. The van der Waals surface area contributed by atoms with E-state index >= 15 is 0 Å². The van der Waals surface area contributed by atoms with Gasteiger partial charge in [0.25, 0.3) is 0 Å². The highest BCUT2D eigenvalue weighted by atomic mass is 16.2. The van der Waals surface area contributed by atoms with Crippen molar-refractivity contribution in [3.63, 3.8) is 0 Å². The summed E-state index contributed by atoms with van der Waals surface area (Å²) in [4.78, 5) is 14.1. The number of nitrogens with two attached hydrogens (primary N) is 1. The molecule has 3 nitrogen and oxygen atoms in total. The Morgan fingerprint density at radius 2 is 2.13 bits per heavy atom. The van der Waals surface area contributed by atoms with Gasteiger partial charge < -0.3 is 10.6 Å². The van der Waals surface area contributed by atoms with Gasteiger partial charge in [-0.3, -0.25) is 4.79 Å². The van der Waals surface area contributed by atoms with Crippen LogP contribution in [0.15, 0.2) is 0 Å². The second kappa shape index (κ2) is 5.50. The lowest BCUT2D eigenvalue weighted by atomic mass is 10.1. The van der Waals surface area contributed by atoms with Crippen LogP contribution in [0.1, 0.15) is 52.9 Å². The third-order valence-corrected chi connectivity index (χ3v) is 3.43. The van der Waals surface area contributed by atoms with Gasteiger partial charge in [0.15, 0.2) is 0 Å². The molecule has 0 saturated carbocycles. The van der Waals surface area contributed by atoms with E-state index in [-0.39, 0.29) is 11.9 Å². The summed E-state index contributed by atoms with van der Waals surface area (Å²) in [6.45, 7) is 6.35. The van der Waals surface area contributed by atoms with Gasteiger partial charge in [0.2, 0.25) is 5.91 Å². The van der Waals surface area contributed by atoms with E-state index in [1.54, 1.807) is 0 Å². The summed E-state index contributed by atoms with van der Waals surface area (Å²) in [5.41, 5.74) is 5.90. The summed E-state index contributed by atoms with van der Waals surface area (Å²) < 4.78 is 0. The molecule has 2 unspecified atom stereocenters. The number of nitrogens with zero attached hydrogens (tertiary/aromatic N) is 1. The molecule has 3 heteroatoms. The van der Waals surface area contributed by atoms with Crippen molar-refractivity contribution >= 4 is 5.91 Å². The van der Waals surface area contributed by atoms with Crippen LogP contribution in [0.4, 0.5) is 0 Å². The van der Waals surface area contributed by atoms with Crippen LogP contribution in [0.25, 0.3) is 0 Å². The van der Waals surface area contributed by atoms with Crippen LogP contribution in [-0.4, -0.2) is 28.9 Å². The molecule has 1 rings (SSSR count). The third kappa shape index (κ3) is 2.71. The van der Waals surface area contributed by atoms with Crippen LogP contribution in [-0.2, 0) is 4.79 Å². The third-order valence-electron chi connectivity index (χ3n) is 3.43. The molecule has 3 atom stereocenters. The summed E-state index contributed by atoms with van der Waals surface area (Å²) in [5.74, 6) is 0.161. The van der Waals surface area contributed by atoms with Crippen molar-refractivity contribution in [2.45, 2.75) is 71.0 Å². The fraction of sp³-hybridized carbons (Fsp3) is 0.917. The molecule has 0 bridgehead atoms. The molecule has 1 fully saturated rings. The average Bonchev–Trinajstić information content (AvgIpc) is 2.58. The van der Waals surface area contributed by atoms with E-state index in [2.05, 4.69) is 20.8 Å². The molecule has 1 amide bonds. The molecule has 15 heavy (non-hydrogen) atoms. The number of amides is 1. The zero-order chi connectivity index (χ0) is 11.4. The molecule has 0 radical (unpaired) electrons. The number of likely N-dealkylation sites (tertiary alicyclic amines) is 1. The minimum absolute atomic E-state index is 0.161. The predicted molar refractivity (Wildman–Crippen MR) is 62.5 cm³/mol. The summed E-state index contributed by atoms with van der Waals surface area (Å²) >= 11 is 0. The van der Waals surface area contributed by atoms with Gasteiger partial charge in [-0.25, -0.2) is 0 Å². The Balaban J connectivity index is 2.63. The van der Waals surface area contributed by atoms with Crippen molar-refractivity contribution in [3.05, 3.63) is 0 Å². The Kier molecular flexibility index (Phi) is 4.58. The van der Waals surface area contributed by atoms with Crippen LogP contribution < -0.4 is 5.73 Å². The maximum absolute atomic E-state index is 12.1. The maximum Gasteiger partial charge on any atom is 0.239 e. The van der Waals surface area contributed by atoms with Crippen LogP contribution in [0.5, 0.6) is 0 Å². The van der Waals surface area contributed by atoms with Crippen molar-refractivity contribution in [1.82, 2.24) is 4.90 Å². The first-order valence-electron chi connectivity index (χ1n) is 6.19. The molecule has 1 heterocycles. The van der Waals surface area contributed by atoms with Crippen molar-refractivity contribution in [2.75, 3.05) is 0 Å². The fourth-order valence-electron chi connectivity index (χ4n) is 2.50. The van der Waals surface area contributed by atoms with E-state index in [1.165, 1.54) is 0 Å². The van der Waals surface area contributed by atoms with Crippen molar-refractivity contribution in [2.24, 2.45) is 5.73 Å². The number of rotatable bonds is 4. The monoisotopic (exact) mass is 212 g/mol. The fourth-order valence-corrected chi connectivity index (χ4v) is 2.50. The standard InChI is InChI=1S/C12H24N2O/c1-4-6-11(13)12(15)14-9(3)7-8-10(14)5-2/h9-11H,4-8,13H2,1-3H3/t9?,10?,11-/m1/s1. The van der Waals surface area contributed by atoms with E-state index in [4.69, 9.17) is 5.73 Å². The Hall–Kier alpha value is -0.570. The normalized spacial score (nSPS) is 28.1. The maximum atomic E-state index is 12.1. The topological polar surface area (TPSA) is 46.3 Å². The number of carbonyl (C=O) groups is 1.